The monoisotopic (exact) mass is 394 g/mol. The van der Waals surface area contributed by atoms with Gasteiger partial charge in [0, 0.05) is 18.5 Å². The molecule has 2 rings (SSSR count). The van der Waals surface area contributed by atoms with Crippen molar-refractivity contribution in [1.82, 2.24) is 5.32 Å². The predicted molar refractivity (Wildman–Crippen MR) is 102 cm³/mol. The van der Waals surface area contributed by atoms with Crippen LogP contribution in [0.2, 0.25) is 5.02 Å². The number of amides is 2. The number of carboxylic acid groups (broad SMARTS) is 1. The highest BCUT2D eigenvalue weighted by Gasteiger charge is 2.12. The number of hydrogen-bond donors (Lipinski definition) is 3. The van der Waals surface area contributed by atoms with Gasteiger partial charge in [-0.25, -0.2) is 0 Å². The first-order valence-electron chi connectivity index (χ1n) is 8.12. The van der Waals surface area contributed by atoms with Crippen LogP contribution in [0.4, 0.5) is 5.69 Å². The lowest BCUT2D eigenvalue weighted by Gasteiger charge is -2.09. The molecular weight excluding hydrogens is 376 g/mol. The van der Waals surface area contributed by atoms with Gasteiger partial charge in [-0.05, 0) is 42.5 Å². The fraction of sp³-hybridized carbons (Fsp3) is 0.278. The SMILES string of the molecule is O=C(O)CCCCCNC(=O)c1ccc(Cl)c(NC(=O)c2cccs2)c1. The van der Waals surface area contributed by atoms with Crippen molar-refractivity contribution >= 4 is 46.4 Å². The number of carbonyl (C=O) groups excluding carboxylic acids is 2. The van der Waals surface area contributed by atoms with Crippen molar-refractivity contribution in [2.24, 2.45) is 0 Å². The van der Waals surface area contributed by atoms with Crippen LogP contribution in [0.5, 0.6) is 0 Å². The smallest absolute Gasteiger partial charge is 0.303 e. The number of rotatable bonds is 9. The van der Waals surface area contributed by atoms with Crippen LogP contribution >= 0.6 is 22.9 Å². The first-order chi connectivity index (χ1) is 12.5. The van der Waals surface area contributed by atoms with Crippen LogP contribution in [-0.4, -0.2) is 29.4 Å². The minimum absolute atomic E-state index is 0.137. The highest BCUT2D eigenvalue weighted by molar-refractivity contribution is 7.12. The normalized spacial score (nSPS) is 10.3. The van der Waals surface area contributed by atoms with Gasteiger partial charge < -0.3 is 15.7 Å². The van der Waals surface area contributed by atoms with Crippen LogP contribution in [0.25, 0.3) is 0 Å². The highest BCUT2D eigenvalue weighted by Crippen LogP contribution is 2.24. The number of halogens is 1. The number of thiophene rings is 1. The molecule has 6 nitrogen and oxygen atoms in total. The molecule has 0 spiro atoms. The van der Waals surface area contributed by atoms with E-state index in [2.05, 4.69) is 10.6 Å². The van der Waals surface area contributed by atoms with Crippen LogP contribution in [0, 0.1) is 0 Å². The molecule has 0 saturated carbocycles. The average Bonchev–Trinajstić information content (AvgIpc) is 3.14. The standard InChI is InChI=1S/C18H19ClN2O4S/c19-13-8-7-12(17(24)20-9-3-1-2-6-16(22)23)11-14(13)21-18(25)15-5-4-10-26-15/h4-5,7-8,10-11H,1-3,6,9H2,(H,20,24)(H,21,25)(H,22,23). The molecule has 1 aromatic carbocycles. The molecule has 0 unspecified atom stereocenters. The average molecular weight is 395 g/mol. The maximum atomic E-state index is 12.2. The number of nitrogens with one attached hydrogen (secondary N) is 2. The molecule has 0 fully saturated rings. The van der Waals surface area contributed by atoms with E-state index in [0.29, 0.717) is 40.5 Å². The van der Waals surface area contributed by atoms with Crippen molar-refractivity contribution < 1.29 is 19.5 Å². The largest absolute Gasteiger partial charge is 0.481 e. The molecule has 0 bridgehead atoms. The fourth-order valence-electron chi connectivity index (χ4n) is 2.24. The molecular formula is C18H19ClN2O4S. The Morgan fingerprint density at radius 1 is 1.08 bits per heavy atom. The Balaban J connectivity index is 1.88. The maximum Gasteiger partial charge on any atom is 0.303 e. The minimum atomic E-state index is -0.813. The van der Waals surface area contributed by atoms with Gasteiger partial charge in [-0.1, -0.05) is 24.1 Å². The van der Waals surface area contributed by atoms with Crippen molar-refractivity contribution in [3.63, 3.8) is 0 Å². The summed E-state index contributed by atoms with van der Waals surface area (Å²) in [6.45, 7) is 0.456. The number of carboxylic acids is 1. The molecule has 1 heterocycles. The third-order valence-electron chi connectivity index (χ3n) is 3.57. The lowest BCUT2D eigenvalue weighted by Crippen LogP contribution is -2.24. The van der Waals surface area contributed by atoms with Crippen molar-refractivity contribution in [1.29, 1.82) is 0 Å². The first kappa shape index (κ1) is 19.9. The van der Waals surface area contributed by atoms with Crippen molar-refractivity contribution in [2.45, 2.75) is 25.7 Å². The predicted octanol–water partition coefficient (Wildman–Crippen LogP) is 4.03. The van der Waals surface area contributed by atoms with E-state index in [0.717, 1.165) is 6.42 Å². The summed E-state index contributed by atoms with van der Waals surface area (Å²) in [6.07, 6.45) is 2.16. The summed E-state index contributed by atoms with van der Waals surface area (Å²) in [5, 5.41) is 16.2. The summed E-state index contributed by atoms with van der Waals surface area (Å²) in [7, 11) is 0. The number of aliphatic carboxylic acids is 1. The van der Waals surface area contributed by atoms with E-state index in [4.69, 9.17) is 16.7 Å². The van der Waals surface area contributed by atoms with Crippen molar-refractivity contribution in [2.75, 3.05) is 11.9 Å². The van der Waals surface area contributed by atoms with Gasteiger partial charge in [-0.3, -0.25) is 14.4 Å². The lowest BCUT2D eigenvalue weighted by atomic mass is 10.1. The molecule has 0 saturated heterocycles. The summed E-state index contributed by atoms with van der Waals surface area (Å²) in [6, 6.07) is 8.17. The molecule has 26 heavy (non-hydrogen) atoms. The molecule has 138 valence electrons. The molecule has 0 aliphatic carbocycles. The van der Waals surface area contributed by atoms with Crippen LogP contribution in [-0.2, 0) is 4.79 Å². The number of benzene rings is 1. The summed E-state index contributed by atoms with van der Waals surface area (Å²) >= 11 is 7.42. The van der Waals surface area contributed by atoms with E-state index in [1.807, 2.05) is 0 Å². The van der Waals surface area contributed by atoms with E-state index < -0.39 is 5.97 Å². The highest BCUT2D eigenvalue weighted by atomic mass is 35.5. The topological polar surface area (TPSA) is 95.5 Å². The Morgan fingerprint density at radius 3 is 2.58 bits per heavy atom. The zero-order valence-corrected chi connectivity index (χ0v) is 15.5. The van der Waals surface area contributed by atoms with Gasteiger partial charge in [0.05, 0.1) is 15.6 Å². The van der Waals surface area contributed by atoms with Gasteiger partial charge in [0.2, 0.25) is 0 Å². The van der Waals surface area contributed by atoms with E-state index in [9.17, 15) is 14.4 Å². The molecule has 1 aromatic heterocycles. The van der Waals surface area contributed by atoms with E-state index >= 15 is 0 Å². The third-order valence-corrected chi connectivity index (χ3v) is 4.77. The molecule has 2 aromatic rings. The van der Waals surface area contributed by atoms with Gasteiger partial charge in [-0.15, -0.1) is 11.3 Å². The Labute approximate surface area is 160 Å². The number of hydrogen-bond acceptors (Lipinski definition) is 4. The Bertz CT molecular complexity index is 778. The molecule has 0 atom stereocenters. The second-order valence-electron chi connectivity index (χ2n) is 5.59. The Kier molecular flexibility index (Phi) is 7.62. The molecule has 8 heteroatoms. The zero-order chi connectivity index (χ0) is 18.9. The second kappa shape index (κ2) is 9.94. The van der Waals surface area contributed by atoms with Gasteiger partial charge in [0.15, 0.2) is 0 Å². The minimum Gasteiger partial charge on any atom is -0.481 e. The fourth-order valence-corrected chi connectivity index (χ4v) is 3.02. The van der Waals surface area contributed by atoms with Crippen LogP contribution in [0.15, 0.2) is 35.7 Å². The number of carbonyl (C=O) groups is 3. The summed E-state index contributed by atoms with van der Waals surface area (Å²) < 4.78 is 0. The van der Waals surface area contributed by atoms with Crippen LogP contribution in [0.1, 0.15) is 45.7 Å². The maximum absolute atomic E-state index is 12.2. The third kappa shape index (κ3) is 6.16. The number of unbranched alkanes of at least 4 members (excludes halogenated alkanes) is 2. The quantitative estimate of drug-likeness (QED) is 0.559. The Hall–Kier alpha value is -2.38. The first-order valence-corrected chi connectivity index (χ1v) is 9.37. The number of anilines is 1. The van der Waals surface area contributed by atoms with Gasteiger partial charge >= 0.3 is 5.97 Å². The van der Waals surface area contributed by atoms with E-state index in [1.165, 1.54) is 17.4 Å². The van der Waals surface area contributed by atoms with Crippen molar-refractivity contribution in [3.8, 4) is 0 Å². The molecule has 3 N–H and O–H groups in total. The van der Waals surface area contributed by atoms with Gasteiger partial charge in [0.25, 0.3) is 11.8 Å². The molecule has 0 aliphatic rings. The van der Waals surface area contributed by atoms with E-state index in [1.54, 1.807) is 29.6 Å². The van der Waals surface area contributed by atoms with Gasteiger partial charge in [0.1, 0.15) is 0 Å². The Morgan fingerprint density at radius 2 is 1.88 bits per heavy atom. The second-order valence-corrected chi connectivity index (χ2v) is 6.94. The summed E-state index contributed by atoms with van der Waals surface area (Å²) in [5.74, 6) is -1.36. The summed E-state index contributed by atoms with van der Waals surface area (Å²) in [4.78, 5) is 35.3. The zero-order valence-electron chi connectivity index (χ0n) is 14.0. The molecule has 2 amide bonds. The summed E-state index contributed by atoms with van der Waals surface area (Å²) in [5.41, 5.74) is 0.764. The van der Waals surface area contributed by atoms with Crippen LogP contribution in [0.3, 0.4) is 0 Å². The van der Waals surface area contributed by atoms with Crippen LogP contribution < -0.4 is 10.6 Å². The van der Waals surface area contributed by atoms with Crippen molar-refractivity contribution in [3.05, 3.63) is 51.2 Å². The lowest BCUT2D eigenvalue weighted by molar-refractivity contribution is -0.137. The molecule has 0 aliphatic heterocycles. The van der Waals surface area contributed by atoms with Gasteiger partial charge in [-0.2, -0.15) is 0 Å². The van der Waals surface area contributed by atoms with E-state index in [-0.39, 0.29) is 18.2 Å². The molecule has 0 radical (unpaired) electrons.